The Morgan fingerprint density at radius 3 is 2.37 bits per heavy atom. The number of para-hydroxylation sites is 2. The Hall–Kier alpha value is -4.05. The number of hydrogen-bond donors (Lipinski definition) is 4. The van der Waals surface area contributed by atoms with Crippen molar-refractivity contribution in [3.63, 3.8) is 0 Å². The normalized spacial score (nSPS) is 15.3. The van der Waals surface area contributed by atoms with Gasteiger partial charge in [-0.15, -0.1) is 0 Å². The third-order valence-electron chi connectivity index (χ3n) is 6.39. The minimum absolute atomic E-state index is 0.232. The molecule has 38 heavy (non-hydrogen) atoms. The third-order valence-corrected chi connectivity index (χ3v) is 6.39. The molecule has 3 aromatic rings. The lowest BCUT2D eigenvalue weighted by atomic mass is 10.1. The number of benzene rings is 3. The molecule has 1 heterocycles. The first-order chi connectivity index (χ1) is 18.4. The summed E-state index contributed by atoms with van der Waals surface area (Å²) in [6.07, 6.45) is 3.76. The lowest BCUT2D eigenvalue weighted by molar-refractivity contribution is 0.0867. The Kier molecular flexibility index (Phi) is 9.21. The van der Waals surface area contributed by atoms with Gasteiger partial charge in [0, 0.05) is 24.9 Å². The Morgan fingerprint density at radius 1 is 0.947 bits per heavy atom. The minimum Gasteiger partial charge on any atom is -0.397 e. The van der Waals surface area contributed by atoms with Crippen molar-refractivity contribution >= 4 is 29.0 Å². The topological polar surface area (TPSA) is 138 Å². The number of nitrogens with two attached hydrogens (primary N) is 3. The molecule has 0 bridgehead atoms. The highest BCUT2D eigenvalue weighted by Crippen LogP contribution is 2.19. The summed E-state index contributed by atoms with van der Waals surface area (Å²) in [5.74, 6) is 14.3. The molecule has 1 amide bonds. The molecular formula is C29H36N8O. The maximum absolute atomic E-state index is 12.7. The van der Waals surface area contributed by atoms with Gasteiger partial charge in [0.25, 0.3) is 5.91 Å². The summed E-state index contributed by atoms with van der Waals surface area (Å²) in [6.45, 7) is 2.53. The van der Waals surface area contributed by atoms with Crippen LogP contribution in [0.5, 0.6) is 0 Å². The molecule has 0 saturated heterocycles. The van der Waals surface area contributed by atoms with Crippen LogP contribution in [0.25, 0.3) is 0 Å². The number of carbonyl (C=O) groups excluding carboxylic acids is 1. The average Bonchev–Trinajstić information content (AvgIpc) is 2.93. The van der Waals surface area contributed by atoms with E-state index in [4.69, 9.17) is 27.4 Å². The number of aliphatic imine (C=N–C) groups is 2. The number of nitrogens with zero attached hydrogens (tertiary/aromatic N) is 4. The van der Waals surface area contributed by atoms with Crippen LogP contribution < -0.4 is 22.7 Å². The van der Waals surface area contributed by atoms with Crippen LogP contribution in [0.1, 0.15) is 54.1 Å². The van der Waals surface area contributed by atoms with Crippen LogP contribution in [0.2, 0.25) is 0 Å². The molecule has 7 N–H and O–H groups in total. The van der Waals surface area contributed by atoms with Crippen LogP contribution in [0, 0.1) is 0 Å². The number of amides is 1. The SMILES string of the molecule is CCCCC1=NC(N(N)Cc2ccc(C(=O)Nc3ccccc3N)cc2)N(N)C(CCc2ccccc2)=N1. The molecular weight excluding hydrogens is 476 g/mol. The average molecular weight is 513 g/mol. The molecule has 0 spiro atoms. The molecule has 198 valence electrons. The summed E-state index contributed by atoms with van der Waals surface area (Å²) in [7, 11) is 0. The predicted molar refractivity (Wildman–Crippen MR) is 154 cm³/mol. The molecule has 0 aliphatic carbocycles. The summed E-state index contributed by atoms with van der Waals surface area (Å²) in [6, 6.07) is 24.7. The lowest BCUT2D eigenvalue weighted by Crippen LogP contribution is -2.57. The number of nitrogens with one attached hydrogen (secondary N) is 1. The highest BCUT2D eigenvalue weighted by molar-refractivity contribution is 6.05. The van der Waals surface area contributed by atoms with E-state index < -0.39 is 6.29 Å². The molecule has 9 heteroatoms. The fraction of sp³-hybridized carbons (Fsp3) is 0.276. The molecule has 1 atom stereocenters. The second kappa shape index (κ2) is 13.0. The van der Waals surface area contributed by atoms with E-state index >= 15 is 0 Å². The number of anilines is 2. The van der Waals surface area contributed by atoms with E-state index in [2.05, 4.69) is 24.4 Å². The van der Waals surface area contributed by atoms with E-state index in [0.29, 0.717) is 29.9 Å². The quantitative estimate of drug-likeness (QED) is 0.172. The standard InChI is InChI=1S/C29H36N8O/c1-2-3-13-26-34-27(19-16-21-9-5-4-6-10-21)37(32)29(35-26)36(31)20-22-14-17-23(18-15-22)28(38)33-25-12-8-7-11-24(25)30/h4-12,14-15,17-18,29H,2-3,13,16,19-20,30-32H2,1H3,(H,33,38). The number of rotatable bonds is 11. The van der Waals surface area contributed by atoms with Gasteiger partial charge in [-0.05, 0) is 48.2 Å². The van der Waals surface area contributed by atoms with Crippen molar-refractivity contribution in [3.8, 4) is 0 Å². The second-order valence-electron chi connectivity index (χ2n) is 9.33. The minimum atomic E-state index is -0.575. The van der Waals surface area contributed by atoms with Crippen molar-refractivity contribution < 1.29 is 4.79 Å². The smallest absolute Gasteiger partial charge is 0.255 e. The first-order valence-electron chi connectivity index (χ1n) is 12.9. The summed E-state index contributed by atoms with van der Waals surface area (Å²) >= 11 is 0. The first-order valence-corrected chi connectivity index (χ1v) is 12.9. The van der Waals surface area contributed by atoms with Gasteiger partial charge in [0.2, 0.25) is 6.29 Å². The molecule has 1 unspecified atom stereocenters. The van der Waals surface area contributed by atoms with Crippen molar-refractivity contribution in [3.05, 3.63) is 95.6 Å². The Labute approximate surface area is 224 Å². The zero-order chi connectivity index (χ0) is 26.9. The van der Waals surface area contributed by atoms with Gasteiger partial charge in [0.1, 0.15) is 11.7 Å². The molecule has 9 nitrogen and oxygen atoms in total. The zero-order valence-corrected chi connectivity index (χ0v) is 21.8. The largest absolute Gasteiger partial charge is 0.397 e. The molecule has 0 fully saturated rings. The number of nitrogen functional groups attached to an aromatic ring is 1. The number of carbonyl (C=O) groups is 1. The zero-order valence-electron chi connectivity index (χ0n) is 21.8. The monoisotopic (exact) mass is 512 g/mol. The molecule has 4 rings (SSSR count). The van der Waals surface area contributed by atoms with Gasteiger partial charge in [-0.1, -0.05) is 67.9 Å². The summed E-state index contributed by atoms with van der Waals surface area (Å²) in [4.78, 5) is 22.2. The van der Waals surface area contributed by atoms with Crippen molar-refractivity contribution in [1.82, 2.24) is 10.0 Å². The van der Waals surface area contributed by atoms with Crippen LogP contribution >= 0.6 is 0 Å². The highest BCUT2D eigenvalue weighted by Gasteiger charge is 2.28. The van der Waals surface area contributed by atoms with E-state index in [1.165, 1.54) is 5.56 Å². The highest BCUT2D eigenvalue weighted by atomic mass is 16.1. The van der Waals surface area contributed by atoms with Gasteiger partial charge >= 0.3 is 0 Å². The molecule has 0 aromatic heterocycles. The molecule has 0 saturated carbocycles. The fourth-order valence-electron chi connectivity index (χ4n) is 4.20. The fourth-order valence-corrected chi connectivity index (χ4v) is 4.20. The van der Waals surface area contributed by atoms with Gasteiger partial charge < -0.3 is 11.1 Å². The van der Waals surface area contributed by atoms with Crippen LogP contribution in [-0.4, -0.2) is 33.9 Å². The van der Waals surface area contributed by atoms with Crippen molar-refractivity contribution in [2.45, 2.75) is 51.9 Å². The lowest BCUT2D eigenvalue weighted by Gasteiger charge is -2.36. The second-order valence-corrected chi connectivity index (χ2v) is 9.33. The van der Waals surface area contributed by atoms with Gasteiger partial charge in [0.05, 0.1) is 11.4 Å². The molecule has 3 aromatic carbocycles. The summed E-state index contributed by atoms with van der Waals surface area (Å²) in [5.41, 5.74) is 9.70. The first kappa shape index (κ1) is 27.0. The van der Waals surface area contributed by atoms with E-state index in [1.54, 1.807) is 34.3 Å². The molecule has 1 aliphatic heterocycles. The van der Waals surface area contributed by atoms with Gasteiger partial charge in [-0.2, -0.15) is 5.01 Å². The maximum Gasteiger partial charge on any atom is 0.255 e. The van der Waals surface area contributed by atoms with Crippen LogP contribution in [0.4, 0.5) is 11.4 Å². The summed E-state index contributed by atoms with van der Waals surface area (Å²) in [5, 5.41) is 6.00. The third kappa shape index (κ3) is 7.04. The van der Waals surface area contributed by atoms with E-state index in [1.807, 2.05) is 42.5 Å². The maximum atomic E-state index is 12.7. The Balaban J connectivity index is 1.42. The number of unbranched alkanes of at least 4 members (excludes halogenated alkanes) is 1. The van der Waals surface area contributed by atoms with Gasteiger partial charge in [0.15, 0.2) is 0 Å². The number of amidine groups is 2. The van der Waals surface area contributed by atoms with Crippen molar-refractivity contribution in [2.75, 3.05) is 11.1 Å². The van der Waals surface area contributed by atoms with Crippen molar-refractivity contribution in [1.29, 1.82) is 0 Å². The van der Waals surface area contributed by atoms with Gasteiger partial charge in [-0.25, -0.2) is 15.8 Å². The number of aryl methyl sites for hydroxylation is 1. The predicted octanol–water partition coefficient (Wildman–Crippen LogP) is 4.29. The van der Waals surface area contributed by atoms with Crippen LogP contribution in [-0.2, 0) is 13.0 Å². The van der Waals surface area contributed by atoms with Crippen LogP contribution in [0.3, 0.4) is 0 Å². The Morgan fingerprint density at radius 2 is 1.66 bits per heavy atom. The molecule has 0 radical (unpaired) electrons. The van der Waals surface area contributed by atoms with Crippen LogP contribution in [0.15, 0.2) is 88.8 Å². The number of hydrogen-bond acceptors (Lipinski definition) is 8. The Bertz CT molecular complexity index is 1270. The number of hydrazine groups is 2. The van der Waals surface area contributed by atoms with E-state index in [-0.39, 0.29) is 5.91 Å². The van der Waals surface area contributed by atoms with E-state index in [9.17, 15) is 4.79 Å². The van der Waals surface area contributed by atoms with Gasteiger partial charge in [-0.3, -0.25) is 15.6 Å². The summed E-state index contributed by atoms with van der Waals surface area (Å²) < 4.78 is 0. The van der Waals surface area contributed by atoms with Crippen molar-refractivity contribution in [2.24, 2.45) is 21.7 Å². The van der Waals surface area contributed by atoms with E-state index in [0.717, 1.165) is 42.9 Å². The molecule has 1 aliphatic rings.